The van der Waals surface area contributed by atoms with Crippen molar-refractivity contribution in [3.63, 3.8) is 0 Å². The van der Waals surface area contributed by atoms with E-state index >= 15 is 0 Å². The Kier molecular flexibility index (Phi) is 3.44. The highest BCUT2D eigenvalue weighted by molar-refractivity contribution is 7.18. The van der Waals surface area contributed by atoms with Crippen LogP contribution in [-0.4, -0.2) is 29.2 Å². The highest BCUT2D eigenvalue weighted by Gasteiger charge is 2.28. The predicted molar refractivity (Wildman–Crippen MR) is 63.5 cm³/mol. The topological polar surface area (TPSA) is 75.6 Å². The van der Waals surface area contributed by atoms with Crippen molar-refractivity contribution in [2.75, 3.05) is 5.32 Å². The summed E-state index contributed by atoms with van der Waals surface area (Å²) < 4.78 is 5.43. The van der Waals surface area contributed by atoms with Crippen molar-refractivity contribution < 1.29 is 19.4 Å². The first-order valence-electron chi connectivity index (χ1n) is 5.35. The summed E-state index contributed by atoms with van der Waals surface area (Å²) in [6.45, 7) is 1.93. The minimum Gasteiger partial charge on any atom is -0.477 e. The highest BCUT2D eigenvalue weighted by atomic mass is 32.1. The lowest BCUT2D eigenvalue weighted by Gasteiger charge is -2.10. The quantitative estimate of drug-likeness (QED) is 0.865. The van der Waals surface area contributed by atoms with Gasteiger partial charge in [0.25, 0.3) is 5.91 Å². The standard InChI is InChI=1S/C11H13NO4S/c1-6-2-3-7(16-6)10(13)12-9-5-4-8(17-9)11(14)15/h4-7H,2-3H2,1H3,(H,12,13)(H,14,15). The van der Waals surface area contributed by atoms with Crippen LogP contribution in [0.25, 0.3) is 0 Å². The highest BCUT2D eigenvalue weighted by Crippen LogP contribution is 2.24. The molecule has 1 amide bonds. The summed E-state index contributed by atoms with van der Waals surface area (Å²) in [6, 6.07) is 3.06. The van der Waals surface area contributed by atoms with E-state index in [1.54, 1.807) is 6.07 Å². The summed E-state index contributed by atoms with van der Waals surface area (Å²) in [5.41, 5.74) is 0. The molecule has 0 aliphatic carbocycles. The van der Waals surface area contributed by atoms with E-state index in [1.807, 2.05) is 6.92 Å². The molecule has 2 N–H and O–H groups in total. The van der Waals surface area contributed by atoms with Gasteiger partial charge in [0.2, 0.25) is 0 Å². The number of rotatable bonds is 3. The Morgan fingerprint density at radius 2 is 2.24 bits per heavy atom. The van der Waals surface area contributed by atoms with Gasteiger partial charge in [-0.3, -0.25) is 4.79 Å². The monoisotopic (exact) mass is 255 g/mol. The van der Waals surface area contributed by atoms with E-state index < -0.39 is 12.1 Å². The number of amides is 1. The molecule has 0 radical (unpaired) electrons. The van der Waals surface area contributed by atoms with Gasteiger partial charge in [0.05, 0.1) is 11.1 Å². The fourth-order valence-corrected chi connectivity index (χ4v) is 2.47. The summed E-state index contributed by atoms with van der Waals surface area (Å²) in [6.07, 6.45) is 1.29. The molecule has 1 saturated heterocycles. The van der Waals surface area contributed by atoms with Crippen molar-refractivity contribution in [2.45, 2.75) is 32.0 Å². The van der Waals surface area contributed by atoms with Crippen LogP contribution in [-0.2, 0) is 9.53 Å². The van der Waals surface area contributed by atoms with E-state index in [-0.39, 0.29) is 16.9 Å². The second-order valence-electron chi connectivity index (χ2n) is 3.97. The van der Waals surface area contributed by atoms with Crippen molar-refractivity contribution in [3.05, 3.63) is 17.0 Å². The van der Waals surface area contributed by atoms with Gasteiger partial charge in [-0.05, 0) is 31.9 Å². The van der Waals surface area contributed by atoms with Crippen LogP contribution >= 0.6 is 11.3 Å². The average Bonchev–Trinajstić information content (AvgIpc) is 2.86. The third kappa shape index (κ3) is 2.83. The Morgan fingerprint density at radius 3 is 2.76 bits per heavy atom. The van der Waals surface area contributed by atoms with Crippen LogP contribution < -0.4 is 5.32 Å². The van der Waals surface area contributed by atoms with Gasteiger partial charge in [-0.1, -0.05) is 0 Å². The van der Waals surface area contributed by atoms with E-state index in [1.165, 1.54) is 6.07 Å². The molecular formula is C11H13NO4S. The van der Waals surface area contributed by atoms with E-state index in [0.717, 1.165) is 17.8 Å². The molecule has 6 heteroatoms. The van der Waals surface area contributed by atoms with Gasteiger partial charge >= 0.3 is 5.97 Å². The summed E-state index contributed by atoms with van der Waals surface area (Å²) in [7, 11) is 0. The fourth-order valence-electron chi connectivity index (χ4n) is 1.72. The first-order chi connectivity index (χ1) is 8.06. The summed E-state index contributed by atoms with van der Waals surface area (Å²) in [5.74, 6) is -1.19. The van der Waals surface area contributed by atoms with Crippen molar-refractivity contribution in [2.24, 2.45) is 0 Å². The molecule has 2 atom stereocenters. The number of aromatic carboxylic acids is 1. The minimum absolute atomic E-state index is 0.115. The van der Waals surface area contributed by atoms with Gasteiger partial charge < -0.3 is 15.2 Å². The van der Waals surface area contributed by atoms with Gasteiger partial charge in [-0.15, -0.1) is 11.3 Å². The molecule has 0 saturated carbocycles. The van der Waals surface area contributed by atoms with Crippen molar-refractivity contribution in [1.29, 1.82) is 0 Å². The van der Waals surface area contributed by atoms with Crippen LogP contribution in [0.2, 0.25) is 0 Å². The lowest BCUT2D eigenvalue weighted by molar-refractivity contribution is -0.126. The molecule has 1 aliphatic heterocycles. The molecule has 0 spiro atoms. The lowest BCUT2D eigenvalue weighted by Crippen LogP contribution is -2.27. The van der Waals surface area contributed by atoms with Crippen LogP contribution in [0.1, 0.15) is 29.4 Å². The zero-order chi connectivity index (χ0) is 12.4. The van der Waals surface area contributed by atoms with Crippen molar-refractivity contribution in [1.82, 2.24) is 0 Å². The number of carbonyl (C=O) groups excluding carboxylic acids is 1. The Bertz CT molecular complexity index is 442. The van der Waals surface area contributed by atoms with Crippen LogP contribution in [0.4, 0.5) is 5.00 Å². The zero-order valence-electron chi connectivity index (χ0n) is 9.30. The Labute approximate surface area is 102 Å². The lowest BCUT2D eigenvalue weighted by atomic mass is 10.2. The second kappa shape index (κ2) is 4.85. The minimum atomic E-state index is -0.985. The first-order valence-corrected chi connectivity index (χ1v) is 6.17. The molecule has 2 heterocycles. The molecule has 17 heavy (non-hydrogen) atoms. The maximum absolute atomic E-state index is 11.8. The Hall–Kier alpha value is -1.40. The summed E-state index contributed by atoms with van der Waals surface area (Å²) in [5, 5.41) is 12.0. The van der Waals surface area contributed by atoms with E-state index in [9.17, 15) is 9.59 Å². The summed E-state index contributed by atoms with van der Waals surface area (Å²) in [4.78, 5) is 22.6. The smallest absolute Gasteiger partial charge is 0.345 e. The molecule has 0 aromatic carbocycles. The third-order valence-corrected chi connectivity index (χ3v) is 3.58. The molecule has 1 fully saturated rings. The van der Waals surface area contributed by atoms with E-state index in [0.29, 0.717) is 11.4 Å². The molecule has 0 bridgehead atoms. The summed E-state index contributed by atoms with van der Waals surface area (Å²) >= 11 is 1.04. The van der Waals surface area contributed by atoms with E-state index in [4.69, 9.17) is 9.84 Å². The maximum atomic E-state index is 11.8. The molecule has 92 valence electrons. The van der Waals surface area contributed by atoms with Crippen LogP contribution in [0, 0.1) is 0 Å². The number of hydrogen-bond donors (Lipinski definition) is 2. The second-order valence-corrected chi connectivity index (χ2v) is 5.05. The molecule has 2 rings (SSSR count). The van der Waals surface area contributed by atoms with Crippen molar-refractivity contribution >= 4 is 28.2 Å². The van der Waals surface area contributed by atoms with Crippen LogP contribution in [0.15, 0.2) is 12.1 Å². The molecule has 2 unspecified atom stereocenters. The first kappa shape index (κ1) is 12.1. The number of carboxylic acids is 1. The average molecular weight is 255 g/mol. The van der Waals surface area contributed by atoms with Crippen molar-refractivity contribution in [3.8, 4) is 0 Å². The number of carbonyl (C=O) groups is 2. The van der Waals surface area contributed by atoms with Gasteiger partial charge in [0.1, 0.15) is 11.0 Å². The Balaban J connectivity index is 1.96. The fraction of sp³-hybridized carbons (Fsp3) is 0.455. The normalized spacial score (nSPS) is 23.6. The largest absolute Gasteiger partial charge is 0.477 e. The number of hydrogen-bond acceptors (Lipinski definition) is 4. The molecular weight excluding hydrogens is 242 g/mol. The van der Waals surface area contributed by atoms with Gasteiger partial charge in [-0.25, -0.2) is 4.79 Å². The molecule has 5 nitrogen and oxygen atoms in total. The van der Waals surface area contributed by atoms with E-state index in [2.05, 4.69) is 5.32 Å². The van der Waals surface area contributed by atoms with Crippen LogP contribution in [0.5, 0.6) is 0 Å². The molecule has 1 aromatic rings. The SMILES string of the molecule is CC1CCC(C(=O)Nc2ccc(C(=O)O)s2)O1. The Morgan fingerprint density at radius 1 is 1.47 bits per heavy atom. The number of anilines is 1. The maximum Gasteiger partial charge on any atom is 0.345 e. The van der Waals surface area contributed by atoms with Gasteiger partial charge in [-0.2, -0.15) is 0 Å². The number of carboxylic acid groups (broad SMARTS) is 1. The number of ether oxygens (including phenoxy) is 1. The van der Waals surface area contributed by atoms with Gasteiger partial charge in [0.15, 0.2) is 0 Å². The predicted octanol–water partition coefficient (Wildman–Crippen LogP) is 1.95. The van der Waals surface area contributed by atoms with Crippen LogP contribution in [0.3, 0.4) is 0 Å². The number of nitrogens with one attached hydrogen (secondary N) is 1. The molecule has 1 aromatic heterocycles. The van der Waals surface area contributed by atoms with Gasteiger partial charge in [0, 0.05) is 0 Å². The zero-order valence-corrected chi connectivity index (χ0v) is 10.1. The molecule has 1 aliphatic rings. The third-order valence-electron chi connectivity index (χ3n) is 2.59. The number of thiophene rings is 1.